The lowest BCUT2D eigenvalue weighted by Crippen LogP contribution is -2.39. The van der Waals surface area contributed by atoms with Crippen LogP contribution < -0.4 is 5.56 Å². The van der Waals surface area contributed by atoms with Crippen molar-refractivity contribution < 1.29 is 9.47 Å². The third kappa shape index (κ3) is 6.42. The second kappa shape index (κ2) is 13.6. The summed E-state index contributed by atoms with van der Waals surface area (Å²) in [6.45, 7) is 7.36. The van der Waals surface area contributed by atoms with E-state index in [4.69, 9.17) is 9.47 Å². The van der Waals surface area contributed by atoms with E-state index < -0.39 is 0 Å². The zero-order valence-electron chi connectivity index (χ0n) is 25.0. The van der Waals surface area contributed by atoms with Crippen LogP contribution in [0.25, 0.3) is 16.9 Å². The Morgan fingerprint density at radius 3 is 2.56 bits per heavy atom. The number of hydrogen-bond acceptors (Lipinski definition) is 7. The highest BCUT2D eigenvalue weighted by Crippen LogP contribution is 2.31. The molecule has 2 fully saturated rings. The number of nitriles is 1. The highest BCUT2D eigenvalue weighted by atomic mass is 16.5. The molecule has 0 atom stereocenters. The lowest BCUT2D eigenvalue weighted by Gasteiger charge is -2.31. The number of morpholine rings is 1. The van der Waals surface area contributed by atoms with E-state index in [2.05, 4.69) is 40.1 Å². The van der Waals surface area contributed by atoms with Gasteiger partial charge in [-0.1, -0.05) is 55.8 Å². The van der Waals surface area contributed by atoms with Crippen LogP contribution in [-0.2, 0) is 22.3 Å². The van der Waals surface area contributed by atoms with Crippen molar-refractivity contribution in [3.05, 3.63) is 87.6 Å². The Morgan fingerprint density at radius 2 is 1.81 bits per heavy atom. The first kappa shape index (κ1) is 29.2. The Bertz CT molecular complexity index is 1620. The first-order valence-electron chi connectivity index (χ1n) is 15.6. The van der Waals surface area contributed by atoms with Crippen molar-refractivity contribution in [2.45, 2.75) is 64.0 Å². The van der Waals surface area contributed by atoms with Crippen LogP contribution in [0, 0.1) is 11.3 Å². The molecule has 43 heavy (non-hydrogen) atoms. The fourth-order valence-electron chi connectivity index (χ4n) is 6.56. The van der Waals surface area contributed by atoms with Gasteiger partial charge in [-0.05, 0) is 54.9 Å². The molecule has 2 aromatic carbocycles. The molecular weight excluding hydrogens is 540 g/mol. The van der Waals surface area contributed by atoms with E-state index in [-0.39, 0.29) is 17.7 Å². The first-order chi connectivity index (χ1) is 21.2. The van der Waals surface area contributed by atoms with Gasteiger partial charge in [0.2, 0.25) is 5.78 Å². The van der Waals surface area contributed by atoms with Crippen LogP contribution in [0.5, 0.6) is 0 Å². The van der Waals surface area contributed by atoms with Gasteiger partial charge in [0.1, 0.15) is 6.33 Å². The zero-order chi connectivity index (χ0) is 29.6. The molecule has 9 nitrogen and oxygen atoms in total. The van der Waals surface area contributed by atoms with Crippen molar-refractivity contribution in [3.63, 3.8) is 0 Å². The summed E-state index contributed by atoms with van der Waals surface area (Å²) in [6, 6.07) is 18.2. The molecule has 0 bridgehead atoms. The van der Waals surface area contributed by atoms with Crippen molar-refractivity contribution in [3.8, 4) is 17.2 Å². The molecule has 0 unspecified atom stereocenters. The average Bonchev–Trinajstić information content (AvgIpc) is 3.54. The minimum Gasteiger partial charge on any atom is -0.379 e. The van der Waals surface area contributed by atoms with Crippen molar-refractivity contribution >= 4 is 5.78 Å². The molecular formula is C34H40N6O3. The van der Waals surface area contributed by atoms with E-state index in [0.29, 0.717) is 17.8 Å². The van der Waals surface area contributed by atoms with Gasteiger partial charge >= 0.3 is 0 Å². The van der Waals surface area contributed by atoms with Crippen LogP contribution in [0.3, 0.4) is 0 Å². The van der Waals surface area contributed by atoms with Gasteiger partial charge in [0.15, 0.2) is 0 Å². The zero-order valence-corrected chi connectivity index (χ0v) is 25.0. The number of aryl methyl sites for hydroxylation is 1. The summed E-state index contributed by atoms with van der Waals surface area (Å²) >= 11 is 0. The second-order valence-corrected chi connectivity index (χ2v) is 11.6. The number of rotatable bonds is 10. The predicted molar refractivity (Wildman–Crippen MR) is 165 cm³/mol. The highest BCUT2D eigenvalue weighted by molar-refractivity contribution is 5.70. The number of nitrogens with zero attached hydrogens (tertiary/aromatic N) is 6. The summed E-state index contributed by atoms with van der Waals surface area (Å²) in [6.07, 6.45) is 7.58. The molecule has 4 aromatic rings. The quantitative estimate of drug-likeness (QED) is 0.266. The summed E-state index contributed by atoms with van der Waals surface area (Å²) in [5, 5.41) is 14.1. The number of fused-ring (bicyclic) bond motifs is 1. The fraction of sp³-hybridized carbons (Fsp3) is 0.471. The van der Waals surface area contributed by atoms with Crippen LogP contribution in [-0.4, -0.2) is 69.6 Å². The maximum atomic E-state index is 14.3. The molecule has 2 aliphatic rings. The molecule has 3 heterocycles. The van der Waals surface area contributed by atoms with E-state index in [1.54, 1.807) is 6.33 Å². The standard InChI is InChI=1S/C34H40N6O3/c1-2-5-32-31(22-25-8-10-26(11-9-25)30-7-4-3-6-27(30)23-35)33(41)39(34-36-24-37-40(32)34)28-12-14-29(15-13-28)43-21-18-38-16-19-42-20-17-38/h3-4,6-11,24,28-29H,2,5,12-22H2,1H3/t28-,29-. The van der Waals surface area contributed by atoms with Gasteiger partial charge in [0.25, 0.3) is 5.56 Å². The summed E-state index contributed by atoms with van der Waals surface area (Å²) < 4.78 is 15.5. The van der Waals surface area contributed by atoms with Crippen LogP contribution in [0.2, 0.25) is 0 Å². The first-order valence-corrected chi connectivity index (χ1v) is 15.6. The minimum absolute atomic E-state index is 0.0412. The van der Waals surface area contributed by atoms with Crippen molar-refractivity contribution in [1.82, 2.24) is 24.1 Å². The summed E-state index contributed by atoms with van der Waals surface area (Å²) in [5.41, 5.74) is 5.37. The average molecular weight is 581 g/mol. The summed E-state index contributed by atoms with van der Waals surface area (Å²) in [7, 11) is 0. The molecule has 1 saturated carbocycles. The number of hydrogen-bond donors (Lipinski definition) is 0. The number of ether oxygens (including phenoxy) is 2. The smallest absolute Gasteiger partial charge is 0.259 e. The molecule has 224 valence electrons. The van der Waals surface area contributed by atoms with Crippen LogP contribution in [0.1, 0.15) is 67.5 Å². The molecule has 9 heteroatoms. The molecule has 1 aliphatic heterocycles. The maximum absolute atomic E-state index is 14.3. The molecule has 0 N–H and O–H groups in total. The topological polar surface area (TPSA) is 97.7 Å². The molecule has 2 aromatic heterocycles. The third-order valence-corrected chi connectivity index (χ3v) is 8.88. The number of benzene rings is 2. The Kier molecular flexibility index (Phi) is 9.27. The van der Waals surface area contributed by atoms with E-state index in [1.165, 1.54) is 0 Å². The maximum Gasteiger partial charge on any atom is 0.259 e. The van der Waals surface area contributed by atoms with E-state index in [0.717, 1.165) is 106 Å². The van der Waals surface area contributed by atoms with Gasteiger partial charge in [-0.15, -0.1) is 0 Å². The van der Waals surface area contributed by atoms with Crippen LogP contribution in [0.4, 0.5) is 0 Å². The second-order valence-electron chi connectivity index (χ2n) is 11.6. The molecule has 1 aliphatic carbocycles. The van der Waals surface area contributed by atoms with Crippen LogP contribution in [0.15, 0.2) is 59.7 Å². The predicted octanol–water partition coefficient (Wildman–Crippen LogP) is 4.81. The van der Waals surface area contributed by atoms with E-state index in [1.807, 2.05) is 45.5 Å². The third-order valence-electron chi connectivity index (χ3n) is 8.88. The Morgan fingerprint density at radius 1 is 1.05 bits per heavy atom. The largest absolute Gasteiger partial charge is 0.379 e. The normalized spacial score (nSPS) is 19.4. The molecule has 1 saturated heterocycles. The SMILES string of the molecule is CCCc1c(Cc2ccc(-c3ccccc3C#N)cc2)c(=O)n([C@H]2CC[C@H](OCCN3CCOCC3)CC2)c2ncnn12. The fourth-order valence-corrected chi connectivity index (χ4v) is 6.56. The van der Waals surface area contributed by atoms with Gasteiger partial charge in [-0.2, -0.15) is 15.3 Å². The van der Waals surface area contributed by atoms with E-state index in [9.17, 15) is 10.1 Å². The van der Waals surface area contributed by atoms with Gasteiger partial charge < -0.3 is 9.47 Å². The molecule has 6 rings (SSSR count). The lowest BCUT2D eigenvalue weighted by molar-refractivity contribution is -0.0125. The lowest BCUT2D eigenvalue weighted by atomic mass is 9.92. The van der Waals surface area contributed by atoms with Gasteiger partial charge in [0.05, 0.1) is 43.3 Å². The Balaban J connectivity index is 1.21. The minimum atomic E-state index is 0.0412. The van der Waals surface area contributed by atoms with Crippen LogP contribution >= 0.6 is 0 Å². The highest BCUT2D eigenvalue weighted by Gasteiger charge is 2.28. The summed E-state index contributed by atoms with van der Waals surface area (Å²) in [4.78, 5) is 21.2. The Labute approximate surface area is 252 Å². The molecule has 0 spiro atoms. The van der Waals surface area contributed by atoms with E-state index >= 15 is 0 Å². The Hall–Kier alpha value is -3.84. The van der Waals surface area contributed by atoms with Crippen molar-refractivity contribution in [1.29, 1.82) is 5.26 Å². The molecule has 0 radical (unpaired) electrons. The van der Waals surface area contributed by atoms with Gasteiger partial charge in [-0.25, -0.2) is 4.52 Å². The van der Waals surface area contributed by atoms with Gasteiger partial charge in [-0.3, -0.25) is 14.3 Å². The monoisotopic (exact) mass is 580 g/mol. The van der Waals surface area contributed by atoms with Gasteiger partial charge in [0, 0.05) is 37.7 Å². The van der Waals surface area contributed by atoms with Crippen molar-refractivity contribution in [2.75, 3.05) is 39.5 Å². The van der Waals surface area contributed by atoms with Crippen molar-refractivity contribution in [2.24, 2.45) is 0 Å². The number of aromatic nitrogens is 4. The summed E-state index contributed by atoms with van der Waals surface area (Å²) in [5.74, 6) is 0.636. The molecule has 0 amide bonds.